The molecule has 66 valence electrons. The lowest BCUT2D eigenvalue weighted by Crippen LogP contribution is -2.21. The Bertz CT molecular complexity index is 232. The number of nitrogens with two attached hydrogens (primary N) is 4. The van der Waals surface area contributed by atoms with E-state index in [0.717, 1.165) is 0 Å². The van der Waals surface area contributed by atoms with Gasteiger partial charge in [0.25, 0.3) is 0 Å². The van der Waals surface area contributed by atoms with E-state index >= 15 is 0 Å². The van der Waals surface area contributed by atoms with E-state index in [1.807, 2.05) is 0 Å². The molecule has 0 aliphatic heterocycles. The molecule has 0 fully saturated rings. The first-order valence-corrected chi connectivity index (χ1v) is 4.39. The molecule has 0 aromatic heterocycles. The molecule has 12 heavy (non-hydrogen) atoms. The first-order chi connectivity index (χ1) is 5.46. The number of nitrogen functional groups attached to an aromatic ring is 4. The third-order valence-electron chi connectivity index (χ3n) is 1.74. The van der Waals surface area contributed by atoms with Crippen molar-refractivity contribution in [1.29, 1.82) is 0 Å². The van der Waals surface area contributed by atoms with Gasteiger partial charge in [0.15, 0.2) is 0 Å². The van der Waals surface area contributed by atoms with E-state index in [1.54, 1.807) is 0 Å². The first kappa shape index (κ1) is 9.37. The Labute approximate surface area is 75.5 Å². The van der Waals surface area contributed by atoms with Crippen LogP contribution in [0.4, 0.5) is 22.7 Å². The summed E-state index contributed by atoms with van der Waals surface area (Å²) in [7, 11) is 4.87. The zero-order chi connectivity index (χ0) is 9.46. The minimum atomic E-state index is 0.388. The van der Waals surface area contributed by atoms with E-state index in [1.165, 1.54) is 0 Å². The van der Waals surface area contributed by atoms with Crippen molar-refractivity contribution in [1.82, 2.24) is 0 Å². The van der Waals surface area contributed by atoms with Gasteiger partial charge in [0.2, 0.25) is 0 Å². The summed E-state index contributed by atoms with van der Waals surface area (Å²) in [6, 6.07) is 0. The summed E-state index contributed by atoms with van der Waals surface area (Å²) in [6.07, 6.45) is 0. The van der Waals surface area contributed by atoms with Crippen LogP contribution in [0.1, 0.15) is 0 Å². The molecule has 6 heteroatoms. The maximum Gasteiger partial charge on any atom is 0.0795 e. The Morgan fingerprint density at radius 1 is 0.583 bits per heavy atom. The quantitative estimate of drug-likeness (QED) is 0.320. The zero-order valence-electron chi connectivity index (χ0n) is 6.46. The molecule has 0 heterocycles. The fourth-order valence-corrected chi connectivity index (χ4v) is 1.66. The summed E-state index contributed by atoms with van der Waals surface area (Å²) in [4.78, 5) is 0. The van der Waals surface area contributed by atoms with Gasteiger partial charge in [-0.2, -0.15) is 0 Å². The van der Waals surface area contributed by atoms with E-state index < -0.39 is 0 Å². The van der Waals surface area contributed by atoms with Gasteiger partial charge < -0.3 is 22.9 Å². The van der Waals surface area contributed by atoms with Crippen LogP contribution in [0.25, 0.3) is 0 Å². The Morgan fingerprint density at radius 3 is 1.25 bits per heavy atom. The van der Waals surface area contributed by atoms with Crippen molar-refractivity contribution in [3.8, 4) is 0 Å². The summed E-state index contributed by atoms with van der Waals surface area (Å²) in [5.74, 6) is 0. The largest absolute Gasteiger partial charge is 0.398 e. The molecule has 0 spiro atoms. The predicted molar refractivity (Wildman–Crippen MR) is 62.8 cm³/mol. The average Bonchev–Trinajstić information content (AvgIpc) is 2.08. The average molecular weight is 202 g/mol. The second-order valence-corrected chi connectivity index (χ2v) is 3.64. The summed E-state index contributed by atoms with van der Waals surface area (Å²) in [6.45, 7) is 0. The number of benzene rings is 1. The topological polar surface area (TPSA) is 104 Å². The SMILES string of the molecule is Nc1c(N)c(P)c(N)c(P)c1N. The number of hydrogen-bond donors (Lipinski definition) is 4. The highest BCUT2D eigenvalue weighted by molar-refractivity contribution is 7.31. The van der Waals surface area contributed by atoms with Crippen molar-refractivity contribution in [2.75, 3.05) is 22.9 Å². The van der Waals surface area contributed by atoms with Crippen LogP contribution in [0, 0.1) is 0 Å². The van der Waals surface area contributed by atoms with Crippen molar-refractivity contribution in [3.05, 3.63) is 0 Å². The Kier molecular flexibility index (Phi) is 2.31. The highest BCUT2D eigenvalue weighted by Crippen LogP contribution is 2.25. The minimum absolute atomic E-state index is 0.388. The first-order valence-electron chi connectivity index (χ1n) is 3.23. The van der Waals surface area contributed by atoms with Crippen LogP contribution in [0.3, 0.4) is 0 Å². The summed E-state index contributed by atoms with van der Waals surface area (Å²) in [5.41, 5.74) is 24.4. The fourth-order valence-electron chi connectivity index (χ4n) is 0.871. The minimum Gasteiger partial charge on any atom is -0.398 e. The summed E-state index contributed by atoms with van der Waals surface area (Å²) >= 11 is 0. The summed E-state index contributed by atoms with van der Waals surface area (Å²) in [5, 5.41) is 1.40. The maximum atomic E-state index is 5.70. The van der Waals surface area contributed by atoms with Crippen molar-refractivity contribution in [2.45, 2.75) is 0 Å². The Morgan fingerprint density at radius 2 is 0.917 bits per heavy atom. The van der Waals surface area contributed by atoms with Crippen LogP contribution in [-0.4, -0.2) is 0 Å². The van der Waals surface area contributed by atoms with E-state index in [9.17, 15) is 0 Å². The van der Waals surface area contributed by atoms with Gasteiger partial charge in [0.1, 0.15) is 0 Å². The highest BCUT2D eigenvalue weighted by atomic mass is 31.0. The lowest BCUT2D eigenvalue weighted by molar-refractivity contribution is 1.71. The van der Waals surface area contributed by atoms with E-state index in [0.29, 0.717) is 33.4 Å². The van der Waals surface area contributed by atoms with Crippen molar-refractivity contribution >= 4 is 51.8 Å². The molecule has 0 radical (unpaired) electrons. The van der Waals surface area contributed by atoms with E-state index in [4.69, 9.17) is 22.9 Å². The molecule has 2 atom stereocenters. The molecule has 1 rings (SSSR count). The normalized spacial score (nSPS) is 10.2. The lowest BCUT2D eigenvalue weighted by atomic mass is 10.2. The van der Waals surface area contributed by atoms with Crippen LogP contribution >= 0.6 is 18.5 Å². The Hall–Kier alpha value is -0.720. The van der Waals surface area contributed by atoms with Gasteiger partial charge in [-0.3, -0.25) is 0 Å². The van der Waals surface area contributed by atoms with Crippen molar-refractivity contribution in [2.24, 2.45) is 0 Å². The molecule has 2 unspecified atom stereocenters. The number of anilines is 4. The van der Waals surface area contributed by atoms with Crippen LogP contribution < -0.4 is 33.5 Å². The van der Waals surface area contributed by atoms with Gasteiger partial charge >= 0.3 is 0 Å². The molecule has 0 saturated heterocycles. The molecule has 0 aliphatic carbocycles. The second kappa shape index (κ2) is 2.96. The Balaban J connectivity index is 3.60. The number of hydrogen-bond acceptors (Lipinski definition) is 4. The standard InChI is InChI=1S/C6H12N4P2/c7-1-2(8)5(11)4(10)6(12)3(1)9/h7-12H2. The molecule has 0 bridgehead atoms. The zero-order valence-corrected chi connectivity index (χ0v) is 8.77. The number of rotatable bonds is 0. The van der Waals surface area contributed by atoms with Gasteiger partial charge in [-0.25, -0.2) is 0 Å². The van der Waals surface area contributed by atoms with Gasteiger partial charge in [-0.1, -0.05) is 0 Å². The molecule has 4 nitrogen and oxygen atoms in total. The molecular weight excluding hydrogens is 190 g/mol. The fraction of sp³-hybridized carbons (Fsp3) is 0. The van der Waals surface area contributed by atoms with Gasteiger partial charge in [0, 0.05) is 10.6 Å². The van der Waals surface area contributed by atoms with E-state index in [-0.39, 0.29) is 0 Å². The van der Waals surface area contributed by atoms with E-state index in [2.05, 4.69) is 18.5 Å². The van der Waals surface area contributed by atoms with Gasteiger partial charge in [-0.15, -0.1) is 18.5 Å². The van der Waals surface area contributed by atoms with Crippen molar-refractivity contribution < 1.29 is 0 Å². The second-order valence-electron chi connectivity index (χ2n) is 2.48. The van der Waals surface area contributed by atoms with Gasteiger partial charge in [-0.05, 0) is 0 Å². The van der Waals surface area contributed by atoms with Crippen LogP contribution in [0.2, 0.25) is 0 Å². The molecule has 8 N–H and O–H groups in total. The summed E-state index contributed by atoms with van der Waals surface area (Å²) < 4.78 is 0. The predicted octanol–water partition coefficient (Wildman–Crippen LogP) is -0.984. The molecule has 0 saturated carbocycles. The van der Waals surface area contributed by atoms with Crippen LogP contribution in [0.15, 0.2) is 0 Å². The maximum absolute atomic E-state index is 5.70. The lowest BCUT2D eigenvalue weighted by Gasteiger charge is -2.13. The third-order valence-corrected chi connectivity index (χ3v) is 2.99. The van der Waals surface area contributed by atoms with Crippen LogP contribution in [0.5, 0.6) is 0 Å². The van der Waals surface area contributed by atoms with Gasteiger partial charge in [0.05, 0.1) is 22.7 Å². The highest BCUT2D eigenvalue weighted by Gasteiger charge is 2.11. The third kappa shape index (κ3) is 1.17. The van der Waals surface area contributed by atoms with Crippen LogP contribution in [-0.2, 0) is 0 Å². The monoisotopic (exact) mass is 202 g/mol. The molecule has 0 aliphatic rings. The molecule has 0 amide bonds. The molecular formula is C6H12N4P2. The molecule has 1 aromatic rings. The van der Waals surface area contributed by atoms with Crippen molar-refractivity contribution in [3.63, 3.8) is 0 Å². The smallest absolute Gasteiger partial charge is 0.0795 e. The molecule has 1 aromatic carbocycles.